The first-order valence-corrected chi connectivity index (χ1v) is 7.77. The molecule has 0 aliphatic heterocycles. The van der Waals surface area contributed by atoms with Crippen LogP contribution in [0.5, 0.6) is 0 Å². The molecule has 0 aliphatic carbocycles. The highest BCUT2D eigenvalue weighted by Gasteiger charge is 2.11. The Morgan fingerprint density at radius 2 is 1.76 bits per heavy atom. The largest absolute Gasteiger partial charge is 0.294 e. The third-order valence-electron chi connectivity index (χ3n) is 3.10. The minimum absolute atomic E-state index is 0.0561. The van der Waals surface area contributed by atoms with Gasteiger partial charge in [-0.2, -0.15) is 0 Å². The van der Waals surface area contributed by atoms with Gasteiger partial charge >= 0.3 is 0 Å². The van der Waals surface area contributed by atoms with E-state index in [9.17, 15) is 4.79 Å². The number of ketones is 1. The molecule has 0 fully saturated rings. The predicted octanol–water partition coefficient (Wildman–Crippen LogP) is 4.89. The molecule has 21 heavy (non-hydrogen) atoms. The van der Waals surface area contributed by atoms with Gasteiger partial charge in [0.25, 0.3) is 0 Å². The number of carbonyl (C=O) groups excluding carboxylic acids is 1. The minimum atomic E-state index is 0.0561. The Morgan fingerprint density at radius 1 is 1.05 bits per heavy atom. The van der Waals surface area contributed by atoms with Crippen molar-refractivity contribution in [1.29, 1.82) is 0 Å². The summed E-state index contributed by atoms with van der Waals surface area (Å²) in [5.41, 5.74) is 2.65. The summed E-state index contributed by atoms with van der Waals surface area (Å²) in [5.74, 6) is 0.0561. The van der Waals surface area contributed by atoms with Crippen molar-refractivity contribution < 1.29 is 4.79 Å². The third kappa shape index (κ3) is 3.38. The highest BCUT2D eigenvalue weighted by molar-refractivity contribution is 7.10. The van der Waals surface area contributed by atoms with Gasteiger partial charge in [-0.1, -0.05) is 41.9 Å². The van der Waals surface area contributed by atoms with Crippen LogP contribution in [0.3, 0.4) is 0 Å². The van der Waals surface area contributed by atoms with Gasteiger partial charge < -0.3 is 0 Å². The van der Waals surface area contributed by atoms with E-state index in [-0.39, 0.29) is 5.78 Å². The van der Waals surface area contributed by atoms with E-state index in [1.165, 1.54) is 11.3 Å². The number of halogens is 1. The molecule has 1 aromatic heterocycles. The number of nitrogens with zero attached hydrogens (tertiary/aromatic N) is 1. The molecule has 0 bridgehead atoms. The second-order valence-electron chi connectivity index (χ2n) is 4.60. The fourth-order valence-corrected chi connectivity index (χ4v) is 2.94. The molecule has 0 saturated heterocycles. The van der Waals surface area contributed by atoms with Crippen LogP contribution >= 0.6 is 22.9 Å². The number of carbonyl (C=O) groups is 1. The van der Waals surface area contributed by atoms with Crippen molar-refractivity contribution in [2.75, 3.05) is 0 Å². The summed E-state index contributed by atoms with van der Waals surface area (Å²) in [5, 5.41) is 3.45. The lowest BCUT2D eigenvalue weighted by Crippen LogP contribution is -2.02. The van der Waals surface area contributed by atoms with Crippen molar-refractivity contribution in [3.05, 3.63) is 75.6 Å². The molecule has 0 spiro atoms. The zero-order valence-corrected chi connectivity index (χ0v) is 12.7. The van der Waals surface area contributed by atoms with Gasteiger partial charge in [0.1, 0.15) is 5.01 Å². The molecule has 0 unspecified atom stereocenters. The molecule has 0 radical (unpaired) electrons. The number of hydrogen-bond donors (Lipinski definition) is 0. The smallest absolute Gasteiger partial charge is 0.169 e. The van der Waals surface area contributed by atoms with E-state index in [1.54, 1.807) is 24.3 Å². The van der Waals surface area contributed by atoms with E-state index in [1.807, 2.05) is 35.7 Å². The normalized spacial score (nSPS) is 10.5. The molecule has 0 amide bonds. The van der Waals surface area contributed by atoms with Gasteiger partial charge in [-0.05, 0) is 24.3 Å². The molecule has 0 atom stereocenters. The lowest BCUT2D eigenvalue weighted by atomic mass is 10.1. The monoisotopic (exact) mass is 313 g/mol. The van der Waals surface area contributed by atoms with Crippen molar-refractivity contribution in [2.45, 2.75) is 6.42 Å². The molecular formula is C17H12ClNOS. The Labute approximate surface area is 132 Å². The van der Waals surface area contributed by atoms with E-state index >= 15 is 0 Å². The van der Waals surface area contributed by atoms with Crippen LogP contribution in [0.15, 0.2) is 60.0 Å². The maximum atomic E-state index is 12.2. The van der Waals surface area contributed by atoms with Crippen molar-refractivity contribution in [1.82, 2.24) is 4.98 Å². The van der Waals surface area contributed by atoms with Crippen LogP contribution in [-0.2, 0) is 6.42 Å². The summed E-state index contributed by atoms with van der Waals surface area (Å²) in [6.07, 6.45) is 0.319. The van der Waals surface area contributed by atoms with Gasteiger partial charge in [0, 0.05) is 21.5 Å². The number of thiazole rings is 1. The van der Waals surface area contributed by atoms with Crippen molar-refractivity contribution in [3.8, 4) is 11.3 Å². The summed E-state index contributed by atoms with van der Waals surface area (Å²) in [6, 6.07) is 16.9. The quantitative estimate of drug-likeness (QED) is 0.642. The highest BCUT2D eigenvalue weighted by atomic mass is 35.5. The average Bonchev–Trinajstić information content (AvgIpc) is 2.97. The topological polar surface area (TPSA) is 30.0 Å². The second kappa shape index (κ2) is 6.20. The molecule has 1 heterocycles. The minimum Gasteiger partial charge on any atom is -0.294 e. The summed E-state index contributed by atoms with van der Waals surface area (Å²) < 4.78 is 0. The number of rotatable bonds is 4. The first kappa shape index (κ1) is 14.0. The van der Waals surface area contributed by atoms with Crippen LogP contribution < -0.4 is 0 Å². The van der Waals surface area contributed by atoms with E-state index in [0.717, 1.165) is 16.3 Å². The van der Waals surface area contributed by atoms with E-state index in [4.69, 9.17) is 11.6 Å². The fourth-order valence-electron chi connectivity index (χ4n) is 2.01. The molecule has 0 saturated carbocycles. The summed E-state index contributed by atoms with van der Waals surface area (Å²) in [7, 11) is 0. The molecule has 104 valence electrons. The number of benzene rings is 2. The molecule has 3 aromatic rings. The maximum absolute atomic E-state index is 12.2. The zero-order valence-electron chi connectivity index (χ0n) is 11.1. The van der Waals surface area contributed by atoms with Crippen LogP contribution in [0.2, 0.25) is 5.02 Å². The number of aromatic nitrogens is 1. The van der Waals surface area contributed by atoms with Crippen molar-refractivity contribution in [2.24, 2.45) is 0 Å². The van der Waals surface area contributed by atoms with E-state index < -0.39 is 0 Å². The zero-order chi connectivity index (χ0) is 14.7. The van der Waals surface area contributed by atoms with Crippen LogP contribution in [0, 0.1) is 0 Å². The standard InChI is InChI=1S/C17H12ClNOS/c18-14-8-6-13(7-9-14)16(20)10-17-19-15(11-21-17)12-4-2-1-3-5-12/h1-9,11H,10H2. The molecule has 2 nitrogen and oxygen atoms in total. The van der Waals surface area contributed by atoms with E-state index in [2.05, 4.69) is 4.98 Å². The SMILES string of the molecule is O=C(Cc1nc(-c2ccccc2)cs1)c1ccc(Cl)cc1. The maximum Gasteiger partial charge on any atom is 0.169 e. The molecule has 0 N–H and O–H groups in total. The molecule has 2 aromatic carbocycles. The Hall–Kier alpha value is -1.97. The summed E-state index contributed by atoms with van der Waals surface area (Å²) in [6.45, 7) is 0. The Morgan fingerprint density at radius 3 is 2.48 bits per heavy atom. The third-order valence-corrected chi connectivity index (χ3v) is 4.20. The van der Waals surface area contributed by atoms with Gasteiger partial charge in [-0.25, -0.2) is 4.98 Å². The first-order valence-electron chi connectivity index (χ1n) is 6.51. The van der Waals surface area contributed by atoms with Crippen molar-refractivity contribution >= 4 is 28.7 Å². The second-order valence-corrected chi connectivity index (χ2v) is 5.98. The van der Waals surface area contributed by atoms with Crippen LogP contribution in [0.1, 0.15) is 15.4 Å². The summed E-state index contributed by atoms with van der Waals surface area (Å²) >= 11 is 7.34. The summed E-state index contributed by atoms with van der Waals surface area (Å²) in [4.78, 5) is 16.7. The van der Waals surface area contributed by atoms with Gasteiger partial charge in [-0.3, -0.25) is 4.79 Å². The van der Waals surface area contributed by atoms with E-state index in [0.29, 0.717) is 17.0 Å². The Bertz CT molecular complexity index is 750. The van der Waals surface area contributed by atoms with Crippen LogP contribution in [-0.4, -0.2) is 10.8 Å². The molecular weight excluding hydrogens is 302 g/mol. The van der Waals surface area contributed by atoms with Crippen molar-refractivity contribution in [3.63, 3.8) is 0 Å². The number of hydrogen-bond acceptors (Lipinski definition) is 3. The average molecular weight is 314 g/mol. The Kier molecular flexibility index (Phi) is 4.13. The van der Waals surface area contributed by atoms with Gasteiger partial charge in [0.2, 0.25) is 0 Å². The van der Waals surface area contributed by atoms with Gasteiger partial charge in [0.05, 0.1) is 12.1 Å². The highest BCUT2D eigenvalue weighted by Crippen LogP contribution is 2.22. The molecule has 3 rings (SSSR count). The Balaban J connectivity index is 1.75. The van der Waals surface area contributed by atoms with Crippen LogP contribution in [0.25, 0.3) is 11.3 Å². The van der Waals surface area contributed by atoms with Crippen LogP contribution in [0.4, 0.5) is 0 Å². The lowest BCUT2D eigenvalue weighted by molar-refractivity contribution is 0.0993. The lowest BCUT2D eigenvalue weighted by Gasteiger charge is -1.99. The fraction of sp³-hybridized carbons (Fsp3) is 0.0588. The number of Topliss-reactive ketones (excluding diaryl/α,β-unsaturated/α-hetero) is 1. The molecule has 4 heteroatoms. The van der Waals surface area contributed by atoms with Gasteiger partial charge in [0.15, 0.2) is 5.78 Å². The van der Waals surface area contributed by atoms with Gasteiger partial charge in [-0.15, -0.1) is 11.3 Å². The predicted molar refractivity (Wildman–Crippen MR) is 87.0 cm³/mol. The molecule has 0 aliphatic rings. The first-order chi connectivity index (χ1) is 10.2.